The molecule has 23 heavy (non-hydrogen) atoms. The third-order valence-electron chi connectivity index (χ3n) is 2.97. The molecule has 0 amide bonds. The summed E-state index contributed by atoms with van der Waals surface area (Å²) >= 11 is 0. The Bertz CT molecular complexity index is 637. The van der Waals surface area contributed by atoms with Gasteiger partial charge >= 0.3 is 11.9 Å². The van der Waals surface area contributed by atoms with Crippen molar-refractivity contribution in [3.8, 4) is 0 Å². The van der Waals surface area contributed by atoms with Gasteiger partial charge in [-0.05, 0) is 13.0 Å². The Kier molecular flexibility index (Phi) is 6.44. The monoisotopic (exact) mass is 325 g/mol. The van der Waals surface area contributed by atoms with Crippen LogP contribution >= 0.6 is 0 Å². The van der Waals surface area contributed by atoms with E-state index in [0.717, 1.165) is 32.6 Å². The van der Waals surface area contributed by atoms with Crippen LogP contribution < -0.4 is 5.32 Å². The SMILES string of the molecule is C=C(C)C(NC=C(C(=O)OC)C(=O)OC)c1ccc(F)cc1F. The number of carbonyl (C=O) groups is 2. The Morgan fingerprint density at radius 1 is 1.22 bits per heavy atom. The molecule has 0 fully saturated rings. The molecule has 0 aliphatic rings. The highest BCUT2D eigenvalue weighted by molar-refractivity contribution is 6.13. The van der Waals surface area contributed by atoms with Crippen LogP contribution in [-0.4, -0.2) is 26.2 Å². The molecular weight excluding hydrogens is 308 g/mol. The molecule has 0 bridgehead atoms. The zero-order valence-electron chi connectivity index (χ0n) is 13.0. The highest BCUT2D eigenvalue weighted by atomic mass is 19.1. The lowest BCUT2D eigenvalue weighted by atomic mass is 10.0. The van der Waals surface area contributed by atoms with Crippen molar-refractivity contribution >= 4 is 11.9 Å². The third kappa shape index (κ3) is 4.64. The van der Waals surface area contributed by atoms with E-state index in [-0.39, 0.29) is 5.56 Å². The minimum Gasteiger partial charge on any atom is -0.465 e. The van der Waals surface area contributed by atoms with Gasteiger partial charge in [0.05, 0.1) is 20.3 Å². The molecule has 0 saturated carbocycles. The molecule has 1 N–H and O–H groups in total. The minimum atomic E-state index is -0.913. The average molecular weight is 325 g/mol. The van der Waals surface area contributed by atoms with E-state index in [2.05, 4.69) is 21.4 Å². The van der Waals surface area contributed by atoms with Crippen LogP contribution in [0.4, 0.5) is 8.78 Å². The number of halogens is 2. The lowest BCUT2D eigenvalue weighted by Gasteiger charge is -2.19. The standard InChI is InChI=1S/C16H17F2NO4/c1-9(2)14(11-6-5-10(17)7-13(11)18)19-8-12(15(20)22-3)16(21)23-4/h5-8,14,19H,1H2,2-4H3. The summed E-state index contributed by atoms with van der Waals surface area (Å²) in [5.74, 6) is -3.32. The van der Waals surface area contributed by atoms with Crippen LogP contribution in [0.25, 0.3) is 0 Å². The molecule has 1 rings (SSSR count). The summed E-state index contributed by atoms with van der Waals surface area (Å²) in [5.41, 5.74) is 0.203. The Hall–Kier alpha value is -2.70. The Morgan fingerprint density at radius 2 is 1.78 bits per heavy atom. The first kappa shape index (κ1) is 18.3. The van der Waals surface area contributed by atoms with E-state index in [1.165, 1.54) is 6.07 Å². The molecule has 124 valence electrons. The summed E-state index contributed by atoms with van der Waals surface area (Å²) in [4.78, 5) is 23.1. The summed E-state index contributed by atoms with van der Waals surface area (Å²) in [6.45, 7) is 5.33. The lowest BCUT2D eigenvalue weighted by Crippen LogP contribution is -2.23. The second-order valence-corrected chi connectivity index (χ2v) is 4.65. The van der Waals surface area contributed by atoms with Gasteiger partial charge in [-0.15, -0.1) is 0 Å². The first-order chi connectivity index (χ1) is 10.8. The van der Waals surface area contributed by atoms with E-state index < -0.39 is 35.2 Å². The van der Waals surface area contributed by atoms with Crippen LogP contribution in [0.2, 0.25) is 0 Å². The van der Waals surface area contributed by atoms with Crippen molar-refractivity contribution in [2.24, 2.45) is 0 Å². The van der Waals surface area contributed by atoms with E-state index in [9.17, 15) is 18.4 Å². The molecule has 0 heterocycles. The molecule has 1 aromatic rings. The fourth-order valence-electron chi connectivity index (χ4n) is 1.82. The summed E-state index contributed by atoms with van der Waals surface area (Å²) in [6, 6.07) is 2.31. The minimum absolute atomic E-state index is 0.115. The third-order valence-corrected chi connectivity index (χ3v) is 2.97. The molecule has 5 nitrogen and oxygen atoms in total. The predicted molar refractivity (Wildman–Crippen MR) is 79.2 cm³/mol. The highest BCUT2D eigenvalue weighted by Crippen LogP contribution is 2.24. The van der Waals surface area contributed by atoms with Crippen molar-refractivity contribution in [3.05, 3.63) is 59.3 Å². The van der Waals surface area contributed by atoms with Gasteiger partial charge in [-0.2, -0.15) is 0 Å². The normalized spacial score (nSPS) is 11.2. The van der Waals surface area contributed by atoms with Crippen molar-refractivity contribution in [1.29, 1.82) is 0 Å². The lowest BCUT2D eigenvalue weighted by molar-refractivity contribution is -0.144. The fraction of sp³-hybridized carbons (Fsp3) is 0.250. The van der Waals surface area contributed by atoms with Gasteiger partial charge in [0.25, 0.3) is 0 Å². The number of ether oxygens (including phenoxy) is 2. The smallest absolute Gasteiger partial charge is 0.346 e. The molecule has 7 heteroatoms. The quantitative estimate of drug-likeness (QED) is 0.286. The maximum Gasteiger partial charge on any atom is 0.346 e. The van der Waals surface area contributed by atoms with Crippen LogP contribution in [0.5, 0.6) is 0 Å². The van der Waals surface area contributed by atoms with Gasteiger partial charge in [0, 0.05) is 17.8 Å². The molecule has 0 spiro atoms. The number of nitrogens with one attached hydrogen (secondary N) is 1. The molecule has 1 atom stereocenters. The molecule has 1 aromatic carbocycles. The Morgan fingerprint density at radius 3 is 2.22 bits per heavy atom. The number of hydrogen-bond donors (Lipinski definition) is 1. The fourth-order valence-corrected chi connectivity index (χ4v) is 1.82. The number of benzene rings is 1. The van der Waals surface area contributed by atoms with E-state index in [1.807, 2.05) is 0 Å². The van der Waals surface area contributed by atoms with Crippen molar-refractivity contribution in [3.63, 3.8) is 0 Å². The van der Waals surface area contributed by atoms with Gasteiger partial charge in [-0.1, -0.05) is 18.2 Å². The van der Waals surface area contributed by atoms with Crippen LogP contribution in [0, 0.1) is 11.6 Å². The Balaban J connectivity index is 3.17. The first-order valence-corrected chi connectivity index (χ1v) is 6.55. The molecule has 0 aliphatic carbocycles. The largest absolute Gasteiger partial charge is 0.465 e. The van der Waals surface area contributed by atoms with Crippen LogP contribution in [0.1, 0.15) is 18.5 Å². The zero-order valence-corrected chi connectivity index (χ0v) is 13.0. The molecule has 0 saturated heterocycles. The van der Waals surface area contributed by atoms with Crippen molar-refractivity contribution in [2.45, 2.75) is 13.0 Å². The van der Waals surface area contributed by atoms with Gasteiger partial charge in [0.1, 0.15) is 11.6 Å². The van der Waals surface area contributed by atoms with Crippen molar-refractivity contribution < 1.29 is 27.8 Å². The van der Waals surface area contributed by atoms with Gasteiger partial charge in [-0.25, -0.2) is 18.4 Å². The number of hydrogen-bond acceptors (Lipinski definition) is 5. The number of methoxy groups -OCH3 is 2. The summed E-state index contributed by atoms with van der Waals surface area (Å²) in [7, 11) is 2.21. The van der Waals surface area contributed by atoms with Crippen molar-refractivity contribution in [2.75, 3.05) is 14.2 Å². The number of carbonyl (C=O) groups excluding carboxylic acids is 2. The summed E-state index contributed by atoms with van der Waals surface area (Å²) in [6.07, 6.45) is 1.06. The summed E-state index contributed by atoms with van der Waals surface area (Å²) < 4.78 is 35.9. The zero-order chi connectivity index (χ0) is 17.6. The van der Waals surface area contributed by atoms with E-state index >= 15 is 0 Å². The maximum atomic E-state index is 13.9. The average Bonchev–Trinajstić information content (AvgIpc) is 2.51. The van der Waals surface area contributed by atoms with Gasteiger partial charge in [0.2, 0.25) is 0 Å². The second kappa shape index (κ2) is 8.07. The van der Waals surface area contributed by atoms with Gasteiger partial charge < -0.3 is 14.8 Å². The first-order valence-electron chi connectivity index (χ1n) is 6.55. The topological polar surface area (TPSA) is 64.6 Å². The van der Waals surface area contributed by atoms with E-state index in [4.69, 9.17) is 0 Å². The highest BCUT2D eigenvalue weighted by Gasteiger charge is 2.22. The van der Waals surface area contributed by atoms with Crippen molar-refractivity contribution in [1.82, 2.24) is 5.32 Å². The predicted octanol–water partition coefficient (Wildman–Crippen LogP) is 2.40. The Labute approximate surface area is 132 Å². The van der Waals surface area contributed by atoms with Gasteiger partial charge in [0.15, 0.2) is 5.57 Å². The molecule has 0 radical (unpaired) electrons. The van der Waals surface area contributed by atoms with Crippen LogP contribution in [-0.2, 0) is 19.1 Å². The number of esters is 2. The van der Waals surface area contributed by atoms with E-state index in [0.29, 0.717) is 5.57 Å². The second-order valence-electron chi connectivity index (χ2n) is 4.65. The van der Waals surface area contributed by atoms with Gasteiger partial charge in [-0.3, -0.25) is 0 Å². The molecular formula is C16H17F2NO4. The maximum absolute atomic E-state index is 13.9. The molecule has 0 aromatic heterocycles. The van der Waals surface area contributed by atoms with Crippen LogP contribution in [0.15, 0.2) is 42.1 Å². The van der Waals surface area contributed by atoms with Crippen LogP contribution in [0.3, 0.4) is 0 Å². The molecule has 0 aliphatic heterocycles. The molecule has 1 unspecified atom stereocenters. The van der Waals surface area contributed by atoms with E-state index in [1.54, 1.807) is 6.92 Å². The number of rotatable bonds is 6. The summed E-state index contributed by atoms with van der Waals surface area (Å²) in [5, 5.41) is 2.70.